The number of nitrogens with one attached hydrogen (secondary N) is 1. The highest BCUT2D eigenvalue weighted by atomic mass is 127. The van der Waals surface area contributed by atoms with Crippen LogP contribution in [-0.4, -0.2) is 23.7 Å². The molecule has 0 saturated carbocycles. The molecule has 0 spiro atoms. The van der Waals surface area contributed by atoms with E-state index in [0.717, 1.165) is 0 Å². The van der Waals surface area contributed by atoms with Crippen LogP contribution in [0.3, 0.4) is 0 Å². The lowest BCUT2D eigenvalue weighted by Gasteiger charge is -2.07. The van der Waals surface area contributed by atoms with Crippen LogP contribution < -0.4 is 5.32 Å². The average Bonchev–Trinajstić information content (AvgIpc) is 2.21. The van der Waals surface area contributed by atoms with E-state index in [9.17, 15) is 9.18 Å². The first kappa shape index (κ1) is 13.4. The number of halogens is 2. The Morgan fingerprint density at radius 3 is 2.88 bits per heavy atom. The van der Waals surface area contributed by atoms with Crippen molar-refractivity contribution < 1.29 is 14.3 Å². The molecule has 0 saturated heterocycles. The van der Waals surface area contributed by atoms with Crippen molar-refractivity contribution in [2.24, 2.45) is 0 Å². The van der Waals surface area contributed by atoms with Crippen molar-refractivity contribution in [2.45, 2.75) is 19.4 Å². The molecule has 0 radical (unpaired) electrons. The fourth-order valence-corrected chi connectivity index (χ4v) is 1.65. The Balaban J connectivity index is 2.56. The molecule has 1 unspecified atom stereocenters. The van der Waals surface area contributed by atoms with E-state index >= 15 is 0 Å². The molecule has 1 amide bonds. The molecule has 0 aliphatic heterocycles. The molecule has 16 heavy (non-hydrogen) atoms. The molecule has 88 valence electrons. The number of hydrogen-bond acceptors (Lipinski definition) is 2. The van der Waals surface area contributed by atoms with Gasteiger partial charge in [0.05, 0.1) is 6.10 Å². The van der Waals surface area contributed by atoms with Gasteiger partial charge >= 0.3 is 0 Å². The highest BCUT2D eigenvalue weighted by Gasteiger charge is 2.08. The summed E-state index contributed by atoms with van der Waals surface area (Å²) in [6, 6.07) is 4.20. The second-order valence-corrected chi connectivity index (χ2v) is 4.68. The normalized spacial score (nSPS) is 12.2. The van der Waals surface area contributed by atoms with Crippen LogP contribution in [-0.2, 0) is 0 Å². The Morgan fingerprint density at radius 1 is 1.62 bits per heavy atom. The van der Waals surface area contributed by atoms with E-state index in [0.29, 0.717) is 22.1 Å². The van der Waals surface area contributed by atoms with Crippen molar-refractivity contribution >= 4 is 28.5 Å². The fourth-order valence-electron chi connectivity index (χ4n) is 1.13. The summed E-state index contributed by atoms with van der Waals surface area (Å²) in [6.07, 6.45) is 0.0676. The highest BCUT2D eigenvalue weighted by Crippen LogP contribution is 2.12. The van der Waals surface area contributed by atoms with Gasteiger partial charge in [-0.25, -0.2) is 4.39 Å². The molecule has 3 nitrogen and oxygen atoms in total. The van der Waals surface area contributed by atoms with Gasteiger partial charge in [-0.15, -0.1) is 0 Å². The first-order valence-corrected chi connectivity index (χ1v) is 6.00. The van der Waals surface area contributed by atoms with Crippen molar-refractivity contribution in [2.75, 3.05) is 6.54 Å². The summed E-state index contributed by atoms with van der Waals surface area (Å²) >= 11 is 1.84. The van der Waals surface area contributed by atoms with Crippen molar-refractivity contribution in [3.63, 3.8) is 0 Å². The predicted molar refractivity (Wildman–Crippen MR) is 67.7 cm³/mol. The third-order valence-corrected chi connectivity index (χ3v) is 2.86. The zero-order valence-electron chi connectivity index (χ0n) is 8.84. The van der Waals surface area contributed by atoms with Gasteiger partial charge in [0.15, 0.2) is 0 Å². The van der Waals surface area contributed by atoms with Crippen molar-refractivity contribution in [3.05, 3.63) is 33.1 Å². The third-order valence-electron chi connectivity index (χ3n) is 2.03. The maximum atomic E-state index is 12.9. The maximum absolute atomic E-state index is 12.9. The Hall–Kier alpha value is -0.690. The van der Waals surface area contributed by atoms with Gasteiger partial charge in [0.25, 0.3) is 5.91 Å². The Labute approximate surface area is 107 Å². The summed E-state index contributed by atoms with van der Waals surface area (Å²) in [4.78, 5) is 11.6. The molecular weight excluding hydrogens is 324 g/mol. The lowest BCUT2D eigenvalue weighted by Crippen LogP contribution is -2.26. The van der Waals surface area contributed by atoms with E-state index in [1.165, 1.54) is 18.2 Å². The van der Waals surface area contributed by atoms with Gasteiger partial charge in [-0.2, -0.15) is 0 Å². The van der Waals surface area contributed by atoms with E-state index in [1.807, 2.05) is 22.6 Å². The number of aliphatic hydroxyl groups is 1. The number of amides is 1. The molecule has 0 aliphatic carbocycles. The fraction of sp³-hybridized carbons (Fsp3) is 0.364. The van der Waals surface area contributed by atoms with Crippen LogP contribution >= 0.6 is 22.6 Å². The minimum atomic E-state index is -0.436. The number of hydrogen-bond donors (Lipinski definition) is 2. The number of rotatable bonds is 4. The van der Waals surface area contributed by atoms with Gasteiger partial charge in [0.2, 0.25) is 0 Å². The maximum Gasteiger partial charge on any atom is 0.251 e. The van der Waals surface area contributed by atoms with Crippen LogP contribution in [0.15, 0.2) is 18.2 Å². The molecule has 1 atom stereocenters. The second kappa shape index (κ2) is 6.15. The van der Waals surface area contributed by atoms with Gasteiger partial charge in [0, 0.05) is 15.7 Å². The molecule has 0 fully saturated rings. The Kier molecular flexibility index (Phi) is 5.14. The smallest absolute Gasteiger partial charge is 0.251 e. The lowest BCUT2D eigenvalue weighted by atomic mass is 10.2. The van der Waals surface area contributed by atoms with E-state index < -0.39 is 6.10 Å². The number of benzene rings is 1. The first-order valence-electron chi connectivity index (χ1n) is 4.92. The topological polar surface area (TPSA) is 49.3 Å². The monoisotopic (exact) mass is 337 g/mol. The molecule has 1 aromatic rings. The summed E-state index contributed by atoms with van der Waals surface area (Å²) in [5.74, 6) is -0.584. The quantitative estimate of drug-likeness (QED) is 0.825. The molecule has 0 heterocycles. The number of carbonyl (C=O) groups excluding carboxylic acids is 1. The largest absolute Gasteiger partial charge is 0.393 e. The molecule has 1 aromatic carbocycles. The Morgan fingerprint density at radius 2 is 2.31 bits per heavy atom. The molecule has 5 heteroatoms. The van der Waals surface area contributed by atoms with Gasteiger partial charge in [0.1, 0.15) is 5.82 Å². The van der Waals surface area contributed by atoms with E-state index in [2.05, 4.69) is 5.32 Å². The molecule has 0 bridgehead atoms. The number of aliphatic hydroxyl groups excluding tert-OH is 1. The first-order chi connectivity index (χ1) is 7.50. The molecule has 1 rings (SSSR count). The van der Waals surface area contributed by atoms with E-state index in [-0.39, 0.29) is 11.7 Å². The SMILES string of the molecule is CC(O)CCNC(=O)c1ccc(F)c(I)c1. The van der Waals surface area contributed by atoms with Crippen LogP contribution in [0.4, 0.5) is 4.39 Å². The minimum Gasteiger partial charge on any atom is -0.393 e. The van der Waals surface area contributed by atoms with Crippen LogP contribution in [0.5, 0.6) is 0 Å². The van der Waals surface area contributed by atoms with Crippen LogP contribution in [0.1, 0.15) is 23.7 Å². The zero-order valence-corrected chi connectivity index (χ0v) is 11.0. The third kappa shape index (κ3) is 4.05. The summed E-state index contributed by atoms with van der Waals surface area (Å²) in [5.41, 5.74) is 0.427. The highest BCUT2D eigenvalue weighted by molar-refractivity contribution is 14.1. The minimum absolute atomic E-state index is 0.251. The predicted octanol–water partition coefficient (Wildman–Crippen LogP) is 1.93. The zero-order chi connectivity index (χ0) is 12.1. The second-order valence-electron chi connectivity index (χ2n) is 3.52. The van der Waals surface area contributed by atoms with E-state index in [4.69, 9.17) is 5.11 Å². The Bertz CT molecular complexity index is 382. The van der Waals surface area contributed by atoms with Crippen molar-refractivity contribution in [3.8, 4) is 0 Å². The van der Waals surface area contributed by atoms with Crippen LogP contribution in [0.25, 0.3) is 0 Å². The molecule has 0 aliphatic rings. The summed E-state index contributed by atoms with van der Waals surface area (Å²) in [5, 5.41) is 11.7. The molecular formula is C11H13FINO2. The van der Waals surface area contributed by atoms with Gasteiger partial charge in [-0.3, -0.25) is 4.79 Å². The standard InChI is InChI=1S/C11H13FINO2/c1-7(15)4-5-14-11(16)8-2-3-9(12)10(13)6-8/h2-3,6-7,15H,4-5H2,1H3,(H,14,16). The summed E-state index contributed by atoms with van der Waals surface area (Å²) in [6.45, 7) is 2.07. The molecule has 2 N–H and O–H groups in total. The van der Waals surface area contributed by atoms with Crippen molar-refractivity contribution in [1.29, 1.82) is 0 Å². The van der Waals surface area contributed by atoms with Gasteiger partial charge in [-0.1, -0.05) is 0 Å². The van der Waals surface area contributed by atoms with Gasteiger partial charge < -0.3 is 10.4 Å². The number of carbonyl (C=O) groups is 1. The lowest BCUT2D eigenvalue weighted by molar-refractivity contribution is 0.0945. The van der Waals surface area contributed by atoms with Crippen molar-refractivity contribution in [1.82, 2.24) is 5.32 Å². The molecule has 0 aromatic heterocycles. The van der Waals surface area contributed by atoms with Gasteiger partial charge in [-0.05, 0) is 54.1 Å². The summed E-state index contributed by atoms with van der Waals surface area (Å²) < 4.78 is 13.4. The summed E-state index contributed by atoms with van der Waals surface area (Å²) in [7, 11) is 0. The van der Waals surface area contributed by atoms with Crippen LogP contribution in [0.2, 0.25) is 0 Å². The van der Waals surface area contributed by atoms with E-state index in [1.54, 1.807) is 6.92 Å². The van der Waals surface area contributed by atoms with Crippen LogP contribution in [0, 0.1) is 9.39 Å². The average molecular weight is 337 g/mol.